The number of nitrogens with one attached hydrogen (secondary N) is 2. The molecule has 1 atom stereocenters. The molecule has 114 valence electrons. The average Bonchev–Trinajstić information content (AvgIpc) is 3.22. The summed E-state index contributed by atoms with van der Waals surface area (Å²) in [7, 11) is 0. The second-order valence-corrected chi connectivity index (χ2v) is 6.11. The summed E-state index contributed by atoms with van der Waals surface area (Å²) in [5.41, 5.74) is -0.0944. The van der Waals surface area contributed by atoms with E-state index in [2.05, 4.69) is 17.6 Å². The van der Waals surface area contributed by atoms with Crippen molar-refractivity contribution in [1.82, 2.24) is 5.32 Å². The lowest BCUT2D eigenvalue weighted by atomic mass is 10.1. The van der Waals surface area contributed by atoms with E-state index in [-0.39, 0.29) is 21.3 Å². The van der Waals surface area contributed by atoms with E-state index in [0.29, 0.717) is 18.4 Å². The Balaban J connectivity index is 2.04. The third kappa shape index (κ3) is 4.25. The Bertz CT molecular complexity index is 574. The topological polar surface area (TPSA) is 78.4 Å². The van der Waals surface area contributed by atoms with Crippen molar-refractivity contribution < 1.29 is 14.7 Å². The molecule has 0 aromatic heterocycles. The average molecular weight is 331 g/mol. The van der Waals surface area contributed by atoms with Gasteiger partial charge in [0.2, 0.25) is 0 Å². The van der Waals surface area contributed by atoms with Crippen LogP contribution in [0.15, 0.2) is 12.1 Å². The van der Waals surface area contributed by atoms with Crippen molar-refractivity contribution in [2.75, 3.05) is 11.9 Å². The Morgan fingerprint density at radius 3 is 2.62 bits per heavy atom. The molecule has 21 heavy (non-hydrogen) atoms. The molecule has 1 aliphatic rings. The van der Waals surface area contributed by atoms with Crippen LogP contribution in [0.1, 0.15) is 30.1 Å². The molecule has 1 unspecified atom stereocenters. The molecule has 1 aromatic carbocycles. The quantitative estimate of drug-likeness (QED) is 0.767. The first-order valence-corrected chi connectivity index (χ1v) is 7.41. The maximum absolute atomic E-state index is 11.9. The Kier molecular flexibility index (Phi) is 4.96. The lowest BCUT2D eigenvalue weighted by Gasteiger charge is -2.14. The van der Waals surface area contributed by atoms with Gasteiger partial charge in [0.05, 0.1) is 16.3 Å². The normalized spacial score (nSPS) is 15.4. The first kappa shape index (κ1) is 15.9. The van der Waals surface area contributed by atoms with Crippen LogP contribution in [0.4, 0.5) is 10.5 Å². The van der Waals surface area contributed by atoms with Gasteiger partial charge in [0.15, 0.2) is 0 Å². The molecular weight excluding hydrogens is 315 g/mol. The summed E-state index contributed by atoms with van der Waals surface area (Å²) in [5.74, 6) is -0.115. The standard InChI is InChI=1S/C14H16Cl2N2O3/c1-7(8-2-3-8)6-17-14(21)18-12-10(13(19)20)4-9(15)5-11(12)16/h4-5,7-8H,2-3,6H2,1H3,(H,19,20)(H2,17,18,21). The lowest BCUT2D eigenvalue weighted by molar-refractivity contribution is 0.0698. The van der Waals surface area contributed by atoms with E-state index in [4.69, 9.17) is 28.3 Å². The number of benzene rings is 1. The van der Waals surface area contributed by atoms with Gasteiger partial charge in [0.25, 0.3) is 0 Å². The van der Waals surface area contributed by atoms with E-state index in [1.165, 1.54) is 25.0 Å². The predicted octanol–water partition coefficient (Wildman–Crippen LogP) is 3.86. The minimum atomic E-state index is -1.21. The van der Waals surface area contributed by atoms with Gasteiger partial charge in [0, 0.05) is 11.6 Å². The number of carbonyl (C=O) groups is 2. The van der Waals surface area contributed by atoms with Gasteiger partial charge in [-0.05, 0) is 36.8 Å². The molecule has 2 rings (SSSR count). The fraction of sp³-hybridized carbons (Fsp3) is 0.429. The summed E-state index contributed by atoms with van der Waals surface area (Å²) < 4.78 is 0. The molecule has 3 N–H and O–H groups in total. The van der Waals surface area contributed by atoms with Crippen LogP contribution in [0.2, 0.25) is 10.0 Å². The van der Waals surface area contributed by atoms with Gasteiger partial charge in [-0.25, -0.2) is 9.59 Å². The Morgan fingerprint density at radius 2 is 2.05 bits per heavy atom. The number of hydrogen-bond donors (Lipinski definition) is 3. The van der Waals surface area contributed by atoms with E-state index in [1.807, 2.05) is 0 Å². The maximum atomic E-state index is 11.9. The molecule has 0 bridgehead atoms. The molecule has 7 heteroatoms. The lowest BCUT2D eigenvalue weighted by Crippen LogP contribution is -2.33. The fourth-order valence-electron chi connectivity index (χ4n) is 2.11. The number of aromatic carboxylic acids is 1. The molecule has 5 nitrogen and oxygen atoms in total. The van der Waals surface area contributed by atoms with Gasteiger partial charge in [-0.3, -0.25) is 0 Å². The number of carboxylic acids is 1. The number of anilines is 1. The molecule has 0 heterocycles. The van der Waals surface area contributed by atoms with Crippen LogP contribution in [-0.2, 0) is 0 Å². The van der Waals surface area contributed by atoms with Crippen LogP contribution >= 0.6 is 23.2 Å². The molecule has 2 amide bonds. The second kappa shape index (κ2) is 6.54. The van der Waals surface area contributed by atoms with E-state index in [0.717, 1.165) is 0 Å². The van der Waals surface area contributed by atoms with Gasteiger partial charge >= 0.3 is 12.0 Å². The minimum Gasteiger partial charge on any atom is -0.478 e. The highest BCUT2D eigenvalue weighted by Gasteiger charge is 2.28. The molecule has 1 aromatic rings. The molecule has 1 saturated carbocycles. The Morgan fingerprint density at radius 1 is 1.38 bits per heavy atom. The van der Waals surface area contributed by atoms with Crippen LogP contribution in [0.3, 0.4) is 0 Å². The smallest absolute Gasteiger partial charge is 0.337 e. The van der Waals surface area contributed by atoms with Crippen LogP contribution in [-0.4, -0.2) is 23.7 Å². The SMILES string of the molecule is CC(CNC(=O)Nc1c(Cl)cc(Cl)cc1C(=O)O)C1CC1. The minimum absolute atomic E-state index is 0.0464. The van der Waals surface area contributed by atoms with E-state index < -0.39 is 12.0 Å². The van der Waals surface area contributed by atoms with E-state index in [1.54, 1.807) is 0 Å². The summed E-state index contributed by atoms with van der Waals surface area (Å²) in [4.78, 5) is 23.0. The molecule has 1 fully saturated rings. The zero-order valence-corrected chi connectivity index (χ0v) is 13.0. The molecule has 1 aliphatic carbocycles. The van der Waals surface area contributed by atoms with Crippen LogP contribution in [0.5, 0.6) is 0 Å². The number of halogens is 2. The molecule has 0 aliphatic heterocycles. The van der Waals surface area contributed by atoms with Crippen molar-refractivity contribution in [3.8, 4) is 0 Å². The molecular formula is C14H16Cl2N2O3. The number of hydrogen-bond acceptors (Lipinski definition) is 2. The third-order valence-corrected chi connectivity index (χ3v) is 4.05. The largest absolute Gasteiger partial charge is 0.478 e. The summed E-state index contributed by atoms with van der Waals surface area (Å²) in [6, 6.07) is 2.16. The van der Waals surface area contributed by atoms with Gasteiger partial charge in [0.1, 0.15) is 0 Å². The molecule has 0 saturated heterocycles. The monoisotopic (exact) mass is 330 g/mol. The van der Waals surface area contributed by atoms with Gasteiger partial charge in [-0.15, -0.1) is 0 Å². The van der Waals surface area contributed by atoms with Gasteiger partial charge < -0.3 is 15.7 Å². The second-order valence-electron chi connectivity index (χ2n) is 5.27. The molecule has 0 radical (unpaired) electrons. The summed E-state index contributed by atoms with van der Waals surface area (Å²) in [6.07, 6.45) is 2.41. The van der Waals surface area contributed by atoms with E-state index in [9.17, 15) is 9.59 Å². The predicted molar refractivity (Wildman–Crippen MR) is 82.3 cm³/mol. The number of urea groups is 1. The van der Waals surface area contributed by atoms with Crippen molar-refractivity contribution in [3.05, 3.63) is 27.7 Å². The molecule has 0 spiro atoms. The van der Waals surface area contributed by atoms with Crippen molar-refractivity contribution >= 4 is 40.9 Å². The van der Waals surface area contributed by atoms with Crippen molar-refractivity contribution in [2.45, 2.75) is 19.8 Å². The number of amides is 2. The van der Waals surface area contributed by atoms with Crippen LogP contribution in [0, 0.1) is 11.8 Å². The van der Waals surface area contributed by atoms with Crippen LogP contribution in [0.25, 0.3) is 0 Å². The highest BCUT2D eigenvalue weighted by atomic mass is 35.5. The number of rotatable bonds is 5. The van der Waals surface area contributed by atoms with Crippen molar-refractivity contribution in [2.24, 2.45) is 11.8 Å². The number of carboxylic acid groups (broad SMARTS) is 1. The maximum Gasteiger partial charge on any atom is 0.337 e. The summed E-state index contributed by atoms with van der Waals surface area (Å²) >= 11 is 11.7. The Labute approximate surface area is 132 Å². The van der Waals surface area contributed by atoms with Gasteiger partial charge in [-0.2, -0.15) is 0 Å². The van der Waals surface area contributed by atoms with Crippen LogP contribution < -0.4 is 10.6 Å². The van der Waals surface area contributed by atoms with Gasteiger partial charge in [-0.1, -0.05) is 30.1 Å². The van der Waals surface area contributed by atoms with Crippen molar-refractivity contribution in [1.29, 1.82) is 0 Å². The zero-order chi connectivity index (χ0) is 15.6. The highest BCUT2D eigenvalue weighted by molar-refractivity contribution is 6.37. The first-order chi connectivity index (χ1) is 9.88. The summed E-state index contributed by atoms with van der Waals surface area (Å²) in [5, 5.41) is 14.6. The zero-order valence-electron chi connectivity index (χ0n) is 11.5. The Hall–Kier alpha value is -1.46. The highest BCUT2D eigenvalue weighted by Crippen LogP contribution is 2.36. The summed E-state index contributed by atoms with van der Waals surface area (Å²) in [6.45, 7) is 2.63. The number of carbonyl (C=O) groups excluding carboxylic acids is 1. The fourth-order valence-corrected chi connectivity index (χ4v) is 2.65. The first-order valence-electron chi connectivity index (χ1n) is 6.65. The third-order valence-electron chi connectivity index (χ3n) is 3.54. The van der Waals surface area contributed by atoms with Crippen molar-refractivity contribution in [3.63, 3.8) is 0 Å². The van der Waals surface area contributed by atoms with E-state index >= 15 is 0 Å².